The summed E-state index contributed by atoms with van der Waals surface area (Å²) in [6.07, 6.45) is 3.84. The van der Waals surface area contributed by atoms with E-state index in [9.17, 15) is 4.79 Å². The number of amidine groups is 1. The quantitative estimate of drug-likeness (QED) is 0.269. The van der Waals surface area contributed by atoms with Gasteiger partial charge in [-0.1, -0.05) is 15.9 Å². The molecule has 1 unspecified atom stereocenters. The highest BCUT2D eigenvalue weighted by Crippen LogP contribution is 2.09. The monoisotopic (exact) mass is 277 g/mol. The first-order chi connectivity index (χ1) is 7.36. The minimum atomic E-state index is -0.0447. The van der Waals surface area contributed by atoms with E-state index in [2.05, 4.69) is 33.0 Å². The predicted molar refractivity (Wildman–Crippen MR) is 63.9 cm³/mol. The van der Waals surface area contributed by atoms with Gasteiger partial charge in [0.15, 0.2) is 12.1 Å². The van der Waals surface area contributed by atoms with Crippen molar-refractivity contribution in [2.24, 2.45) is 4.99 Å². The molecule has 1 fully saturated rings. The summed E-state index contributed by atoms with van der Waals surface area (Å²) < 4.78 is 5.39. The molecule has 0 spiro atoms. The van der Waals surface area contributed by atoms with Crippen molar-refractivity contribution in [2.45, 2.75) is 25.5 Å². The van der Waals surface area contributed by atoms with Gasteiger partial charge in [0.1, 0.15) is 6.23 Å². The van der Waals surface area contributed by atoms with E-state index in [1.807, 2.05) is 0 Å². The first-order valence-corrected chi connectivity index (χ1v) is 5.78. The van der Waals surface area contributed by atoms with Crippen LogP contribution in [0.1, 0.15) is 19.3 Å². The number of aliphatic imine (C=N–C) groups is 1. The average Bonchev–Trinajstić information content (AvgIpc) is 2.32. The van der Waals surface area contributed by atoms with Gasteiger partial charge in [-0.2, -0.15) is 0 Å². The molecule has 1 rings (SSSR count). The van der Waals surface area contributed by atoms with E-state index in [4.69, 9.17) is 10.1 Å². The van der Waals surface area contributed by atoms with Crippen molar-refractivity contribution in [1.29, 1.82) is 5.41 Å². The third kappa shape index (κ3) is 6.35. The summed E-state index contributed by atoms with van der Waals surface area (Å²) in [5, 5.41) is 8.44. The smallest absolute Gasteiger partial charge is 0.184 e. The highest BCUT2D eigenvalue weighted by molar-refractivity contribution is 9.09. The van der Waals surface area contributed by atoms with Crippen LogP contribution < -0.4 is 5.32 Å². The van der Waals surface area contributed by atoms with E-state index in [0.717, 1.165) is 25.9 Å². The molecule has 5 nitrogen and oxygen atoms in total. The second kappa shape index (κ2) is 9.79. The van der Waals surface area contributed by atoms with Gasteiger partial charge in [-0.05, 0) is 26.0 Å². The third-order valence-corrected chi connectivity index (χ3v) is 2.08. The van der Waals surface area contributed by atoms with E-state index >= 15 is 0 Å². The standard InChI is InChI=1S/C8H13BrN2O2.CH3N/c9-6-10-7(5-12)11-8-3-1-2-4-13-8;1-2/h5,8H,1-4,6H2,(H,10,11);2H,1H2. The molecule has 0 bridgehead atoms. The zero-order valence-corrected chi connectivity index (χ0v) is 10.1. The maximum Gasteiger partial charge on any atom is 0.184 e. The zero-order valence-electron chi connectivity index (χ0n) is 8.54. The number of aldehydes is 1. The van der Waals surface area contributed by atoms with Crippen LogP contribution in [-0.2, 0) is 9.53 Å². The Bertz CT molecular complexity index is 206. The van der Waals surface area contributed by atoms with Gasteiger partial charge in [-0.25, -0.2) is 0 Å². The molecular weight excluding hydrogens is 262 g/mol. The number of hydrogen-bond acceptors (Lipinski definition) is 4. The van der Waals surface area contributed by atoms with Crippen LogP contribution in [-0.4, -0.2) is 37.1 Å². The van der Waals surface area contributed by atoms with Crippen LogP contribution in [0.3, 0.4) is 0 Å². The molecule has 1 heterocycles. The lowest BCUT2D eigenvalue weighted by Gasteiger charge is -2.23. The summed E-state index contributed by atoms with van der Waals surface area (Å²) >= 11 is 3.13. The second-order valence-corrected chi connectivity index (χ2v) is 3.28. The first kappa shape index (κ1) is 14.2. The first-order valence-electron chi connectivity index (χ1n) is 4.66. The van der Waals surface area contributed by atoms with Crippen molar-refractivity contribution < 1.29 is 9.53 Å². The second-order valence-electron chi connectivity index (χ2n) is 2.78. The molecular formula is C9H16BrN3O2. The highest BCUT2D eigenvalue weighted by Gasteiger charge is 2.14. The molecule has 1 aliphatic heterocycles. The number of hydrogen-bond donors (Lipinski definition) is 2. The number of ether oxygens (including phenoxy) is 1. The number of rotatable bonds is 3. The minimum absolute atomic E-state index is 0.0447. The molecule has 0 aromatic carbocycles. The third-order valence-electron chi connectivity index (χ3n) is 1.83. The molecule has 0 amide bonds. The van der Waals surface area contributed by atoms with Crippen LogP contribution >= 0.6 is 15.9 Å². The summed E-state index contributed by atoms with van der Waals surface area (Å²) in [4.78, 5) is 14.4. The average molecular weight is 278 g/mol. The number of carbonyl (C=O) groups excluding carboxylic acids is 1. The highest BCUT2D eigenvalue weighted by atomic mass is 79.9. The van der Waals surface area contributed by atoms with Crippen LogP contribution in [0, 0.1) is 5.41 Å². The van der Waals surface area contributed by atoms with Gasteiger partial charge in [0.25, 0.3) is 0 Å². The van der Waals surface area contributed by atoms with Crippen LogP contribution in [0.15, 0.2) is 4.99 Å². The Morgan fingerprint density at radius 1 is 1.67 bits per heavy atom. The molecule has 0 aliphatic carbocycles. The number of nitrogens with one attached hydrogen (secondary N) is 2. The Kier molecular flexibility index (Phi) is 9.30. The van der Waals surface area contributed by atoms with Crippen molar-refractivity contribution in [1.82, 2.24) is 5.32 Å². The maximum absolute atomic E-state index is 10.5. The van der Waals surface area contributed by atoms with Crippen molar-refractivity contribution in [3.63, 3.8) is 0 Å². The van der Waals surface area contributed by atoms with Crippen molar-refractivity contribution >= 4 is 34.8 Å². The number of alkyl halides is 1. The van der Waals surface area contributed by atoms with E-state index in [1.165, 1.54) is 0 Å². The Morgan fingerprint density at radius 3 is 2.87 bits per heavy atom. The number of halogens is 1. The molecule has 1 aliphatic rings. The SMILES string of the molecule is C=N.O=C/C(=N/CBr)NC1CCCCO1. The Hall–Kier alpha value is -0.750. The van der Waals surface area contributed by atoms with E-state index < -0.39 is 0 Å². The Balaban J connectivity index is 0.000000921. The van der Waals surface area contributed by atoms with Crippen LogP contribution in [0.5, 0.6) is 0 Å². The maximum atomic E-state index is 10.5. The molecule has 2 N–H and O–H groups in total. The molecule has 86 valence electrons. The molecule has 0 aromatic rings. The van der Waals surface area contributed by atoms with Gasteiger partial charge in [0.2, 0.25) is 0 Å². The summed E-state index contributed by atoms with van der Waals surface area (Å²) in [5.41, 5.74) is 0.431. The van der Waals surface area contributed by atoms with Gasteiger partial charge in [0, 0.05) is 6.61 Å². The topological polar surface area (TPSA) is 74.5 Å². The number of carbonyl (C=O) groups is 1. The van der Waals surface area contributed by atoms with Gasteiger partial charge >= 0.3 is 0 Å². The molecule has 0 aromatic heterocycles. The van der Waals surface area contributed by atoms with Crippen LogP contribution in [0.2, 0.25) is 0 Å². The fourth-order valence-corrected chi connectivity index (χ4v) is 1.47. The molecule has 6 heteroatoms. The van der Waals surface area contributed by atoms with Crippen molar-refractivity contribution in [3.05, 3.63) is 0 Å². The van der Waals surface area contributed by atoms with Crippen LogP contribution in [0.25, 0.3) is 0 Å². The van der Waals surface area contributed by atoms with Gasteiger partial charge < -0.3 is 15.5 Å². The predicted octanol–water partition coefficient (Wildman–Crippen LogP) is 1.32. The van der Waals surface area contributed by atoms with E-state index in [-0.39, 0.29) is 6.23 Å². The van der Waals surface area contributed by atoms with Gasteiger partial charge in [-0.15, -0.1) is 0 Å². The number of nitrogens with zero attached hydrogens (tertiary/aromatic N) is 1. The largest absolute Gasteiger partial charge is 0.359 e. The van der Waals surface area contributed by atoms with Crippen LogP contribution in [0.4, 0.5) is 0 Å². The van der Waals surface area contributed by atoms with Crippen molar-refractivity contribution in [3.8, 4) is 0 Å². The van der Waals surface area contributed by atoms with E-state index in [1.54, 1.807) is 0 Å². The summed E-state index contributed by atoms with van der Waals surface area (Å²) in [7, 11) is 0. The lowest BCUT2D eigenvalue weighted by Crippen LogP contribution is -2.39. The summed E-state index contributed by atoms with van der Waals surface area (Å²) in [5.74, 6) is 0.351. The Labute approximate surface area is 97.9 Å². The molecule has 0 radical (unpaired) electrons. The normalized spacial score (nSPS) is 21.1. The minimum Gasteiger partial charge on any atom is -0.359 e. The molecule has 1 saturated heterocycles. The Morgan fingerprint density at radius 2 is 2.40 bits per heavy atom. The molecule has 0 saturated carbocycles. The summed E-state index contributed by atoms with van der Waals surface area (Å²) in [6.45, 7) is 3.26. The lowest BCUT2D eigenvalue weighted by atomic mass is 10.2. The zero-order chi connectivity index (χ0) is 11.5. The van der Waals surface area contributed by atoms with E-state index in [0.29, 0.717) is 17.6 Å². The van der Waals surface area contributed by atoms with Crippen molar-refractivity contribution in [2.75, 3.05) is 12.1 Å². The van der Waals surface area contributed by atoms with Gasteiger partial charge in [-0.3, -0.25) is 9.79 Å². The van der Waals surface area contributed by atoms with Gasteiger partial charge in [0.05, 0.1) is 5.45 Å². The fraction of sp³-hybridized carbons (Fsp3) is 0.667. The summed E-state index contributed by atoms with van der Waals surface area (Å²) in [6, 6.07) is 0. The molecule has 1 atom stereocenters. The fourth-order valence-electron chi connectivity index (χ4n) is 1.20. The lowest BCUT2D eigenvalue weighted by molar-refractivity contribution is -0.103. The molecule has 15 heavy (non-hydrogen) atoms.